The Balaban J connectivity index is 1.47. The number of hydrogen-bond donors (Lipinski definition) is 2. The van der Waals surface area contributed by atoms with Crippen LogP contribution in [-0.4, -0.2) is 57.3 Å². The van der Waals surface area contributed by atoms with E-state index in [4.69, 9.17) is 28.9 Å². The summed E-state index contributed by atoms with van der Waals surface area (Å²) in [7, 11) is -4.21. The zero-order valence-electron chi connectivity index (χ0n) is 24.0. The lowest BCUT2D eigenvalue weighted by Crippen LogP contribution is -2.50. The van der Waals surface area contributed by atoms with E-state index >= 15 is 0 Å². The highest BCUT2D eigenvalue weighted by molar-refractivity contribution is 7.55. The van der Waals surface area contributed by atoms with Crippen molar-refractivity contribution < 1.29 is 22.8 Å². The largest absolute Gasteiger partial charge is 0.433 e. The second-order valence-electron chi connectivity index (χ2n) is 12.0. The van der Waals surface area contributed by atoms with Crippen molar-refractivity contribution >= 4 is 38.7 Å². The summed E-state index contributed by atoms with van der Waals surface area (Å²) in [6.07, 6.45) is 0.734. The van der Waals surface area contributed by atoms with Crippen molar-refractivity contribution in [1.29, 1.82) is 0 Å². The van der Waals surface area contributed by atoms with Gasteiger partial charge in [0, 0.05) is 18.9 Å². The van der Waals surface area contributed by atoms with E-state index < -0.39 is 40.6 Å². The number of ether oxygens (including phenoxy) is 1. The smallest absolute Gasteiger partial charge is 0.407 e. The molecule has 2 saturated heterocycles. The van der Waals surface area contributed by atoms with Crippen LogP contribution >= 0.6 is 7.75 Å². The van der Waals surface area contributed by atoms with Crippen LogP contribution < -0.4 is 10.8 Å². The Morgan fingerprint density at radius 3 is 2.59 bits per heavy atom. The van der Waals surface area contributed by atoms with Crippen LogP contribution in [0.4, 0.5) is 11.5 Å². The van der Waals surface area contributed by atoms with Gasteiger partial charge in [-0.05, 0) is 42.4 Å². The van der Waals surface area contributed by atoms with Crippen molar-refractivity contribution in [2.45, 2.75) is 63.4 Å². The van der Waals surface area contributed by atoms with E-state index in [1.165, 1.54) is 6.33 Å². The topological polar surface area (TPSA) is 141 Å². The van der Waals surface area contributed by atoms with Gasteiger partial charge in [0.2, 0.25) is 0 Å². The first-order valence-corrected chi connectivity index (χ1v) is 18.0. The molecule has 0 saturated carbocycles. The summed E-state index contributed by atoms with van der Waals surface area (Å²) < 4.78 is 43.6. The summed E-state index contributed by atoms with van der Waals surface area (Å²) in [5.74, 6) is 0.858. The lowest BCUT2D eigenvalue weighted by Gasteiger charge is -2.41. The minimum Gasteiger partial charge on any atom is -0.407 e. The van der Waals surface area contributed by atoms with Crippen molar-refractivity contribution in [2.75, 3.05) is 17.4 Å². The van der Waals surface area contributed by atoms with Gasteiger partial charge < -0.3 is 19.5 Å². The SMILES string of the molecule is Cn1cccc1-c1nc2c(N)ncnc2n1[C@@H]1O[C@@H]2CO[P@@](=O)(Nc3ccccc3)O[C@H]2[C@H]1O[Si](C)(C)C(C)(C)C. The minimum absolute atomic E-state index is 0.0544. The second-order valence-corrected chi connectivity index (χ2v) is 18.4. The third-order valence-electron chi connectivity index (χ3n) is 8.16. The molecule has 41 heavy (non-hydrogen) atoms. The van der Waals surface area contributed by atoms with Gasteiger partial charge in [-0.25, -0.2) is 19.5 Å². The van der Waals surface area contributed by atoms with Gasteiger partial charge in [0.25, 0.3) is 0 Å². The van der Waals surface area contributed by atoms with E-state index in [1.807, 2.05) is 64.8 Å². The Morgan fingerprint density at radius 2 is 1.90 bits per heavy atom. The molecule has 14 heteroatoms. The van der Waals surface area contributed by atoms with Crippen molar-refractivity contribution in [3.05, 3.63) is 55.0 Å². The van der Waals surface area contributed by atoms with E-state index in [1.54, 1.807) is 0 Å². The molecule has 6 rings (SSSR count). The first-order chi connectivity index (χ1) is 19.4. The fourth-order valence-electron chi connectivity index (χ4n) is 4.95. The van der Waals surface area contributed by atoms with Crippen LogP contribution in [0.5, 0.6) is 0 Å². The van der Waals surface area contributed by atoms with Gasteiger partial charge in [-0.2, -0.15) is 0 Å². The maximum absolute atomic E-state index is 13.9. The van der Waals surface area contributed by atoms with Crippen LogP contribution in [0.3, 0.4) is 0 Å². The predicted octanol–water partition coefficient (Wildman–Crippen LogP) is 5.34. The van der Waals surface area contributed by atoms with Crippen LogP contribution in [0.2, 0.25) is 18.1 Å². The number of benzene rings is 1. The molecule has 0 unspecified atom stereocenters. The number of imidazole rings is 1. The molecule has 12 nitrogen and oxygen atoms in total. The van der Waals surface area contributed by atoms with Crippen LogP contribution in [0.15, 0.2) is 55.0 Å². The summed E-state index contributed by atoms with van der Waals surface area (Å²) in [6.45, 7) is 10.9. The molecule has 5 atom stereocenters. The Hall–Kier alpha value is -3.06. The number of nitrogens with one attached hydrogen (secondary N) is 1. The number of nitrogens with two attached hydrogens (primary N) is 1. The molecule has 2 aliphatic rings. The molecule has 0 radical (unpaired) electrons. The van der Waals surface area contributed by atoms with Crippen LogP contribution in [0.1, 0.15) is 27.0 Å². The lowest BCUT2D eigenvalue weighted by atomic mass is 10.1. The molecule has 5 heterocycles. The van der Waals surface area contributed by atoms with Crippen LogP contribution in [0.25, 0.3) is 22.7 Å². The number of nitrogens with zero attached hydrogens (tertiary/aromatic N) is 5. The average molecular weight is 598 g/mol. The number of rotatable bonds is 6. The monoisotopic (exact) mass is 597 g/mol. The highest BCUT2D eigenvalue weighted by Crippen LogP contribution is 2.57. The van der Waals surface area contributed by atoms with Crippen molar-refractivity contribution in [2.24, 2.45) is 7.05 Å². The van der Waals surface area contributed by atoms with Crippen molar-refractivity contribution in [1.82, 2.24) is 24.1 Å². The maximum Gasteiger partial charge on any atom is 0.433 e. The minimum atomic E-state index is -3.75. The number of hydrogen-bond acceptors (Lipinski definition) is 9. The molecule has 1 aromatic carbocycles. The summed E-state index contributed by atoms with van der Waals surface area (Å²) in [5.41, 5.74) is 8.69. The second kappa shape index (κ2) is 10.0. The summed E-state index contributed by atoms with van der Waals surface area (Å²) in [6, 6.07) is 13.1. The van der Waals surface area contributed by atoms with Gasteiger partial charge in [0.05, 0.1) is 12.3 Å². The van der Waals surface area contributed by atoms with E-state index in [-0.39, 0.29) is 17.5 Å². The van der Waals surface area contributed by atoms with Crippen LogP contribution in [-0.2, 0) is 29.8 Å². The molecule has 0 spiro atoms. The van der Waals surface area contributed by atoms with E-state index in [2.05, 4.69) is 48.9 Å². The first-order valence-electron chi connectivity index (χ1n) is 13.6. The highest BCUT2D eigenvalue weighted by atomic mass is 31.2. The molecule has 2 fully saturated rings. The molecule has 0 aliphatic carbocycles. The Morgan fingerprint density at radius 1 is 1.15 bits per heavy atom. The summed E-state index contributed by atoms with van der Waals surface area (Å²) >= 11 is 0. The van der Waals surface area contributed by atoms with Gasteiger partial charge >= 0.3 is 7.75 Å². The van der Waals surface area contributed by atoms with E-state index in [0.717, 1.165) is 5.69 Å². The number of aromatic nitrogens is 5. The Kier molecular flexibility index (Phi) is 6.87. The fraction of sp³-hybridized carbons (Fsp3) is 0.444. The van der Waals surface area contributed by atoms with Crippen LogP contribution in [0, 0.1) is 0 Å². The van der Waals surface area contributed by atoms with Gasteiger partial charge in [-0.1, -0.05) is 39.0 Å². The Labute approximate surface area is 239 Å². The van der Waals surface area contributed by atoms with Gasteiger partial charge in [-0.3, -0.25) is 18.7 Å². The molecular formula is C27H36N7O5PSi. The maximum atomic E-state index is 13.9. The molecule has 3 N–H and O–H groups in total. The molecule has 0 amide bonds. The number of fused-ring (bicyclic) bond motifs is 2. The molecule has 3 aromatic heterocycles. The first kappa shape index (κ1) is 28.1. The van der Waals surface area contributed by atoms with Crippen molar-refractivity contribution in [3.63, 3.8) is 0 Å². The molecule has 4 aromatic rings. The number of nitrogen functional groups attached to an aromatic ring is 1. The summed E-state index contributed by atoms with van der Waals surface area (Å²) in [4.78, 5) is 13.6. The molecular weight excluding hydrogens is 561 g/mol. The van der Waals surface area contributed by atoms with E-state index in [0.29, 0.717) is 22.7 Å². The van der Waals surface area contributed by atoms with Gasteiger partial charge in [-0.15, -0.1) is 0 Å². The lowest BCUT2D eigenvalue weighted by molar-refractivity contribution is -0.0569. The molecule has 218 valence electrons. The normalized spacial score (nSPS) is 26.8. The van der Waals surface area contributed by atoms with E-state index in [9.17, 15) is 4.57 Å². The molecule has 2 aliphatic heterocycles. The third kappa shape index (κ3) is 5.00. The predicted molar refractivity (Wildman–Crippen MR) is 159 cm³/mol. The zero-order chi connectivity index (χ0) is 29.2. The van der Waals surface area contributed by atoms with Crippen molar-refractivity contribution in [3.8, 4) is 11.5 Å². The zero-order valence-corrected chi connectivity index (χ0v) is 25.9. The quantitative estimate of drug-likeness (QED) is 0.221. The number of para-hydroxylation sites is 1. The standard InChI is InChI=1S/C27H36N7O5PSi/c1-27(2,3)41(5,6)39-22-21-19(15-36-40(35,38-21)32-17-11-8-7-9-12-17)37-26(22)34-24(18-13-10-14-33(18)4)31-20-23(28)29-16-30-25(20)34/h7-14,16,19,21-22,26H,15H2,1-6H3,(H,32,35)(H2,28,29,30)/t19-,21-,22-,26-,40+/m1/s1. The van der Waals surface area contributed by atoms with Gasteiger partial charge in [0.1, 0.15) is 24.6 Å². The fourth-order valence-corrected chi connectivity index (χ4v) is 7.80. The third-order valence-corrected chi connectivity index (χ3v) is 14.2. The highest BCUT2D eigenvalue weighted by Gasteiger charge is 2.57. The molecule has 0 bridgehead atoms. The number of anilines is 2. The average Bonchev–Trinajstić information content (AvgIpc) is 3.59. The number of aryl methyl sites for hydroxylation is 1. The van der Waals surface area contributed by atoms with Gasteiger partial charge in [0.15, 0.2) is 37.4 Å². The summed E-state index contributed by atoms with van der Waals surface area (Å²) in [5, 5.41) is 2.85. The Bertz CT molecular complexity index is 1620.